The molecule has 0 heteroatoms. The van der Waals surface area contributed by atoms with Gasteiger partial charge in [-0.1, -0.05) is 19.3 Å². The van der Waals surface area contributed by atoms with E-state index in [0.717, 1.165) is 11.8 Å². The predicted octanol–water partition coefficient (Wildman–Crippen LogP) is 3.44. The first-order valence-corrected chi connectivity index (χ1v) is 5.42. The quantitative estimate of drug-likeness (QED) is 0.476. The second kappa shape index (κ2) is 2.50. The van der Waals surface area contributed by atoms with Crippen molar-refractivity contribution < 1.29 is 0 Å². The van der Waals surface area contributed by atoms with Gasteiger partial charge in [-0.25, -0.2) is 0 Å². The molecular weight excluding hydrogens is 144 g/mol. The molecule has 0 spiro atoms. The standard InChI is InChI=1S/C12H16/c1-2-4-10-7-12-8-11(12)6-5-9(10)3-1/h9-10H,1-7H2. The highest BCUT2D eigenvalue weighted by Gasteiger charge is 2.32. The Hall–Kier alpha value is -0.480. The SMILES string of the molecule is C1=C2CCC3CCCCC3CC=12. The van der Waals surface area contributed by atoms with Crippen molar-refractivity contribution in [3.63, 3.8) is 0 Å². The van der Waals surface area contributed by atoms with Gasteiger partial charge in [-0.15, -0.1) is 5.73 Å². The third-order valence-corrected chi connectivity index (χ3v) is 3.90. The van der Waals surface area contributed by atoms with Gasteiger partial charge in [0.15, 0.2) is 0 Å². The molecular formula is C12H16. The fourth-order valence-corrected chi connectivity index (χ4v) is 3.06. The second-order valence-corrected chi connectivity index (χ2v) is 4.63. The molecule has 64 valence electrons. The summed E-state index contributed by atoms with van der Waals surface area (Å²) in [5.74, 6) is 2.12. The number of fused-ring (bicyclic) bond motifs is 2. The summed E-state index contributed by atoms with van der Waals surface area (Å²) >= 11 is 0. The highest BCUT2D eigenvalue weighted by molar-refractivity contribution is 5.45. The van der Waals surface area contributed by atoms with E-state index in [1.165, 1.54) is 44.9 Å². The van der Waals surface area contributed by atoms with E-state index in [-0.39, 0.29) is 0 Å². The molecule has 0 nitrogen and oxygen atoms in total. The Kier molecular flexibility index (Phi) is 1.45. The van der Waals surface area contributed by atoms with E-state index < -0.39 is 0 Å². The molecule has 0 amide bonds. The fraction of sp³-hybridized carbons (Fsp3) is 0.750. The fourth-order valence-electron chi connectivity index (χ4n) is 3.06. The van der Waals surface area contributed by atoms with Gasteiger partial charge in [-0.3, -0.25) is 0 Å². The van der Waals surface area contributed by atoms with E-state index in [9.17, 15) is 0 Å². The number of hydrogen-bond acceptors (Lipinski definition) is 0. The van der Waals surface area contributed by atoms with Crippen LogP contribution in [-0.4, -0.2) is 0 Å². The number of rotatable bonds is 0. The first-order chi connectivity index (χ1) is 5.93. The van der Waals surface area contributed by atoms with Crippen molar-refractivity contribution in [2.24, 2.45) is 11.8 Å². The maximum absolute atomic E-state index is 3.44. The molecule has 2 atom stereocenters. The van der Waals surface area contributed by atoms with Gasteiger partial charge < -0.3 is 0 Å². The lowest BCUT2D eigenvalue weighted by atomic mass is 9.76. The summed E-state index contributed by atoms with van der Waals surface area (Å²) in [5.41, 5.74) is 6.65. The van der Waals surface area contributed by atoms with Crippen molar-refractivity contribution in [1.82, 2.24) is 0 Å². The predicted molar refractivity (Wildman–Crippen MR) is 49.8 cm³/mol. The first kappa shape index (κ1) is 6.97. The molecule has 0 aliphatic heterocycles. The van der Waals surface area contributed by atoms with Crippen LogP contribution >= 0.6 is 0 Å². The zero-order valence-electron chi connectivity index (χ0n) is 7.60. The zero-order chi connectivity index (χ0) is 7.97. The van der Waals surface area contributed by atoms with Crippen LogP contribution in [0.1, 0.15) is 44.9 Å². The minimum atomic E-state index is 1.04. The van der Waals surface area contributed by atoms with Gasteiger partial charge in [-0.05, 0) is 37.5 Å². The van der Waals surface area contributed by atoms with E-state index in [1.807, 2.05) is 0 Å². The van der Waals surface area contributed by atoms with Crippen molar-refractivity contribution in [3.05, 3.63) is 16.9 Å². The lowest BCUT2D eigenvalue weighted by molar-refractivity contribution is 0.231. The Bertz CT molecular complexity index is 266. The van der Waals surface area contributed by atoms with Crippen LogP contribution in [0.3, 0.4) is 0 Å². The summed E-state index contributed by atoms with van der Waals surface area (Å²) in [5, 5.41) is 0. The number of hydrogen-bond donors (Lipinski definition) is 0. The molecule has 2 fully saturated rings. The van der Waals surface area contributed by atoms with Crippen LogP contribution in [-0.2, 0) is 0 Å². The maximum atomic E-state index is 3.44. The molecule has 2 saturated carbocycles. The third-order valence-electron chi connectivity index (χ3n) is 3.90. The van der Waals surface area contributed by atoms with E-state index in [4.69, 9.17) is 0 Å². The summed E-state index contributed by atoms with van der Waals surface area (Å²) in [6.07, 6.45) is 10.2. The van der Waals surface area contributed by atoms with E-state index in [2.05, 4.69) is 5.73 Å². The van der Waals surface area contributed by atoms with Crippen LogP contribution < -0.4 is 0 Å². The molecule has 0 saturated heterocycles. The van der Waals surface area contributed by atoms with Crippen LogP contribution in [0.15, 0.2) is 16.9 Å². The maximum Gasteiger partial charge on any atom is 0.00550 e. The molecule has 0 bridgehead atoms. The Morgan fingerprint density at radius 2 is 1.75 bits per heavy atom. The molecule has 0 aromatic carbocycles. The number of allylic oxidation sites excluding steroid dienone is 1. The van der Waals surface area contributed by atoms with E-state index in [1.54, 1.807) is 11.1 Å². The van der Waals surface area contributed by atoms with Crippen molar-refractivity contribution in [2.45, 2.75) is 44.9 Å². The minimum Gasteiger partial charge on any atom is -0.112 e. The Morgan fingerprint density at radius 1 is 0.917 bits per heavy atom. The molecule has 3 aliphatic rings. The minimum absolute atomic E-state index is 1.04. The third kappa shape index (κ3) is 1.06. The summed E-state index contributed by atoms with van der Waals surface area (Å²) in [6, 6.07) is 0. The van der Waals surface area contributed by atoms with Crippen LogP contribution in [0.25, 0.3) is 0 Å². The van der Waals surface area contributed by atoms with Gasteiger partial charge in [0.2, 0.25) is 0 Å². The van der Waals surface area contributed by atoms with Gasteiger partial charge in [0.1, 0.15) is 0 Å². The Morgan fingerprint density at radius 3 is 2.67 bits per heavy atom. The van der Waals surface area contributed by atoms with E-state index in [0.29, 0.717) is 0 Å². The largest absolute Gasteiger partial charge is 0.112 e. The lowest BCUT2D eigenvalue weighted by Gasteiger charge is -2.29. The molecule has 2 unspecified atom stereocenters. The van der Waals surface area contributed by atoms with Crippen LogP contribution in [0.2, 0.25) is 0 Å². The van der Waals surface area contributed by atoms with Gasteiger partial charge in [0, 0.05) is 11.1 Å². The second-order valence-electron chi connectivity index (χ2n) is 4.63. The Labute approximate surface area is 74.4 Å². The summed E-state index contributed by atoms with van der Waals surface area (Å²) in [7, 11) is 0. The molecule has 0 radical (unpaired) electrons. The summed E-state index contributed by atoms with van der Waals surface area (Å²) in [6.45, 7) is 0. The smallest absolute Gasteiger partial charge is 0.00550 e. The van der Waals surface area contributed by atoms with Gasteiger partial charge in [0.25, 0.3) is 0 Å². The van der Waals surface area contributed by atoms with Crippen LogP contribution in [0.5, 0.6) is 0 Å². The molecule has 0 N–H and O–H groups in total. The highest BCUT2D eigenvalue weighted by Crippen LogP contribution is 2.45. The summed E-state index contributed by atoms with van der Waals surface area (Å²) in [4.78, 5) is 0. The average Bonchev–Trinajstić information content (AvgIpc) is 2.80. The first-order valence-electron chi connectivity index (χ1n) is 5.42. The van der Waals surface area contributed by atoms with Gasteiger partial charge >= 0.3 is 0 Å². The summed E-state index contributed by atoms with van der Waals surface area (Å²) < 4.78 is 0. The van der Waals surface area contributed by atoms with Gasteiger partial charge in [-0.2, -0.15) is 0 Å². The van der Waals surface area contributed by atoms with E-state index >= 15 is 0 Å². The zero-order valence-corrected chi connectivity index (χ0v) is 7.60. The molecule has 0 aromatic heterocycles. The monoisotopic (exact) mass is 160 g/mol. The van der Waals surface area contributed by atoms with Crippen LogP contribution in [0, 0.1) is 11.8 Å². The normalized spacial score (nSPS) is 38.7. The molecule has 0 heterocycles. The van der Waals surface area contributed by atoms with Crippen LogP contribution in [0.4, 0.5) is 0 Å². The molecule has 3 rings (SSSR count). The lowest BCUT2D eigenvalue weighted by Crippen LogP contribution is -2.17. The highest BCUT2D eigenvalue weighted by atomic mass is 14.4. The van der Waals surface area contributed by atoms with Crippen molar-refractivity contribution in [3.8, 4) is 0 Å². The van der Waals surface area contributed by atoms with Crippen molar-refractivity contribution >= 4 is 0 Å². The van der Waals surface area contributed by atoms with Crippen molar-refractivity contribution in [2.75, 3.05) is 0 Å². The van der Waals surface area contributed by atoms with Gasteiger partial charge in [0.05, 0.1) is 0 Å². The topological polar surface area (TPSA) is 0 Å². The van der Waals surface area contributed by atoms with Crippen molar-refractivity contribution in [1.29, 1.82) is 0 Å². The molecule has 12 heavy (non-hydrogen) atoms. The molecule has 3 aliphatic carbocycles. The molecule has 0 aromatic rings. The Balaban J connectivity index is 1.75. The average molecular weight is 160 g/mol.